The number of fused-ring (bicyclic) bond motifs is 1. The van der Waals surface area contributed by atoms with Crippen LogP contribution >= 0.6 is 0 Å². The molecule has 0 aliphatic rings. The highest BCUT2D eigenvalue weighted by Gasteiger charge is 2.28. The molecule has 0 saturated carbocycles. The van der Waals surface area contributed by atoms with Gasteiger partial charge in [0.25, 0.3) is 0 Å². The Morgan fingerprint density at radius 3 is 2.64 bits per heavy atom. The number of aromatic amines is 1. The molecule has 2 aromatic carbocycles. The third-order valence-electron chi connectivity index (χ3n) is 3.87. The molecule has 1 heterocycles. The smallest absolute Gasteiger partial charge is 0.341 e. The standard InChI is InChI=1S/C17H15F3N2O2S/c18-12-5-6-13-11(10-22-15(13)9-12)7-8-21-14-3-1-2-4-16(14)25(23,24)17(19)20/h1-6,9-10,17,21-22H,7-8H2. The van der Waals surface area contributed by atoms with Crippen LogP contribution in [0.25, 0.3) is 10.9 Å². The minimum atomic E-state index is -4.67. The van der Waals surface area contributed by atoms with Crippen molar-refractivity contribution in [2.45, 2.75) is 17.1 Å². The number of alkyl halides is 2. The fourth-order valence-corrected chi connectivity index (χ4v) is 3.56. The van der Waals surface area contributed by atoms with E-state index in [-0.39, 0.29) is 11.5 Å². The monoisotopic (exact) mass is 368 g/mol. The first-order chi connectivity index (χ1) is 11.9. The van der Waals surface area contributed by atoms with Crippen molar-refractivity contribution in [2.75, 3.05) is 11.9 Å². The van der Waals surface area contributed by atoms with Gasteiger partial charge in [0, 0.05) is 23.6 Å². The Hall–Kier alpha value is -2.48. The number of anilines is 1. The van der Waals surface area contributed by atoms with Gasteiger partial charge in [0.2, 0.25) is 9.84 Å². The maximum Gasteiger partial charge on any atom is 0.341 e. The van der Waals surface area contributed by atoms with E-state index in [0.29, 0.717) is 18.5 Å². The number of hydrogen-bond donors (Lipinski definition) is 2. The van der Waals surface area contributed by atoms with Crippen molar-refractivity contribution in [3.05, 3.63) is 60.0 Å². The number of aromatic nitrogens is 1. The SMILES string of the molecule is O=S(=O)(c1ccccc1NCCc1c[nH]c2cc(F)ccc12)C(F)F. The summed E-state index contributed by atoms with van der Waals surface area (Å²) in [5.41, 5.74) is 1.71. The number of hydrogen-bond acceptors (Lipinski definition) is 3. The van der Waals surface area contributed by atoms with Crippen LogP contribution in [-0.2, 0) is 16.3 Å². The summed E-state index contributed by atoms with van der Waals surface area (Å²) in [7, 11) is -4.67. The number of halogens is 3. The Labute approximate surface area is 142 Å². The van der Waals surface area contributed by atoms with Gasteiger partial charge in [-0.2, -0.15) is 8.78 Å². The molecule has 0 radical (unpaired) electrons. The van der Waals surface area contributed by atoms with Crippen molar-refractivity contribution in [3.63, 3.8) is 0 Å². The molecule has 132 valence electrons. The molecule has 0 aliphatic heterocycles. The van der Waals surface area contributed by atoms with Crippen molar-refractivity contribution in [1.29, 1.82) is 0 Å². The fourth-order valence-electron chi connectivity index (χ4n) is 2.65. The minimum Gasteiger partial charge on any atom is -0.384 e. The van der Waals surface area contributed by atoms with Gasteiger partial charge in [-0.15, -0.1) is 0 Å². The number of nitrogens with one attached hydrogen (secondary N) is 2. The van der Waals surface area contributed by atoms with Gasteiger partial charge >= 0.3 is 5.76 Å². The third-order valence-corrected chi connectivity index (χ3v) is 5.31. The molecule has 3 aromatic rings. The molecule has 8 heteroatoms. The van der Waals surface area contributed by atoms with Gasteiger partial charge < -0.3 is 10.3 Å². The van der Waals surface area contributed by atoms with Gasteiger partial charge in [-0.3, -0.25) is 0 Å². The molecular formula is C17H15F3N2O2S. The van der Waals surface area contributed by atoms with E-state index in [2.05, 4.69) is 10.3 Å². The van der Waals surface area contributed by atoms with Crippen LogP contribution in [-0.4, -0.2) is 25.7 Å². The molecule has 0 aliphatic carbocycles. The fraction of sp³-hybridized carbons (Fsp3) is 0.176. The molecule has 0 bridgehead atoms. The molecular weight excluding hydrogens is 353 g/mol. The zero-order valence-electron chi connectivity index (χ0n) is 13.0. The molecule has 25 heavy (non-hydrogen) atoms. The minimum absolute atomic E-state index is 0.133. The molecule has 1 aromatic heterocycles. The second kappa shape index (κ2) is 6.79. The van der Waals surface area contributed by atoms with E-state index in [1.807, 2.05) is 0 Å². The van der Waals surface area contributed by atoms with E-state index < -0.39 is 20.5 Å². The number of para-hydroxylation sites is 1. The van der Waals surface area contributed by atoms with Crippen LogP contribution in [0.3, 0.4) is 0 Å². The van der Waals surface area contributed by atoms with Gasteiger partial charge in [-0.1, -0.05) is 12.1 Å². The van der Waals surface area contributed by atoms with Crippen LogP contribution < -0.4 is 5.32 Å². The van der Waals surface area contributed by atoms with Crippen LogP contribution in [0, 0.1) is 5.82 Å². The Bertz CT molecular complexity index is 1000. The van der Waals surface area contributed by atoms with E-state index in [1.54, 1.807) is 18.3 Å². The lowest BCUT2D eigenvalue weighted by molar-refractivity contribution is 0.235. The maximum atomic E-state index is 13.2. The van der Waals surface area contributed by atoms with Gasteiger partial charge in [0.1, 0.15) is 5.82 Å². The predicted octanol–water partition coefficient (Wildman–Crippen LogP) is 3.96. The van der Waals surface area contributed by atoms with Crippen molar-refractivity contribution >= 4 is 26.4 Å². The van der Waals surface area contributed by atoms with Gasteiger partial charge in [0.15, 0.2) is 0 Å². The molecule has 0 spiro atoms. The van der Waals surface area contributed by atoms with E-state index >= 15 is 0 Å². The summed E-state index contributed by atoms with van der Waals surface area (Å²) in [4.78, 5) is 2.54. The highest BCUT2D eigenvalue weighted by atomic mass is 32.2. The summed E-state index contributed by atoms with van der Waals surface area (Å²) in [6.45, 7) is 0.333. The summed E-state index contributed by atoms with van der Waals surface area (Å²) >= 11 is 0. The van der Waals surface area contributed by atoms with Crippen molar-refractivity contribution in [3.8, 4) is 0 Å². The molecule has 0 atom stereocenters. The summed E-state index contributed by atoms with van der Waals surface area (Å²) in [6, 6.07) is 9.97. The molecule has 2 N–H and O–H groups in total. The second-order valence-corrected chi connectivity index (χ2v) is 7.37. The Morgan fingerprint density at radius 2 is 1.88 bits per heavy atom. The molecule has 0 amide bonds. The van der Waals surface area contributed by atoms with E-state index in [9.17, 15) is 21.6 Å². The zero-order valence-corrected chi connectivity index (χ0v) is 13.8. The van der Waals surface area contributed by atoms with E-state index in [4.69, 9.17) is 0 Å². The Kier molecular flexibility index (Phi) is 4.71. The van der Waals surface area contributed by atoms with E-state index in [0.717, 1.165) is 17.0 Å². The lowest BCUT2D eigenvalue weighted by atomic mass is 10.1. The number of rotatable bonds is 6. The highest BCUT2D eigenvalue weighted by Crippen LogP contribution is 2.26. The van der Waals surface area contributed by atoms with Crippen LogP contribution in [0.5, 0.6) is 0 Å². The van der Waals surface area contributed by atoms with Crippen LogP contribution in [0.2, 0.25) is 0 Å². The second-order valence-electron chi connectivity index (χ2n) is 5.48. The lowest BCUT2D eigenvalue weighted by Crippen LogP contribution is -2.15. The normalized spacial score (nSPS) is 12.0. The average Bonchev–Trinajstić information content (AvgIpc) is 2.97. The zero-order chi connectivity index (χ0) is 18.0. The lowest BCUT2D eigenvalue weighted by Gasteiger charge is -2.12. The number of benzene rings is 2. The first-order valence-corrected chi connectivity index (χ1v) is 9.04. The highest BCUT2D eigenvalue weighted by molar-refractivity contribution is 7.91. The topological polar surface area (TPSA) is 62.0 Å². The predicted molar refractivity (Wildman–Crippen MR) is 90.1 cm³/mol. The molecule has 0 unspecified atom stereocenters. The summed E-state index contributed by atoms with van der Waals surface area (Å²) in [5, 5.41) is 3.75. The Balaban J connectivity index is 1.76. The van der Waals surface area contributed by atoms with Crippen LogP contribution in [0.15, 0.2) is 53.6 Å². The van der Waals surface area contributed by atoms with Crippen molar-refractivity contribution < 1.29 is 21.6 Å². The van der Waals surface area contributed by atoms with Gasteiger partial charge in [-0.05, 0) is 42.3 Å². The molecule has 0 fully saturated rings. The molecule has 0 saturated heterocycles. The van der Waals surface area contributed by atoms with Crippen LogP contribution in [0.1, 0.15) is 5.56 Å². The van der Waals surface area contributed by atoms with Crippen LogP contribution in [0.4, 0.5) is 18.9 Å². The first kappa shape index (κ1) is 17.3. The third kappa shape index (κ3) is 3.48. The van der Waals surface area contributed by atoms with Crippen molar-refractivity contribution in [1.82, 2.24) is 4.98 Å². The average molecular weight is 368 g/mol. The van der Waals surface area contributed by atoms with Gasteiger partial charge in [0.05, 0.1) is 10.6 Å². The number of H-pyrrole nitrogens is 1. The number of sulfone groups is 1. The Morgan fingerprint density at radius 1 is 1.12 bits per heavy atom. The van der Waals surface area contributed by atoms with Crippen molar-refractivity contribution in [2.24, 2.45) is 0 Å². The summed E-state index contributed by atoms with van der Waals surface area (Å²) in [5.74, 6) is -3.82. The summed E-state index contributed by atoms with van der Waals surface area (Å²) < 4.78 is 62.2. The quantitative estimate of drug-likeness (QED) is 0.692. The largest absolute Gasteiger partial charge is 0.384 e. The maximum absolute atomic E-state index is 13.2. The summed E-state index contributed by atoms with van der Waals surface area (Å²) in [6.07, 6.45) is 2.25. The molecule has 3 rings (SSSR count). The first-order valence-electron chi connectivity index (χ1n) is 7.50. The van der Waals surface area contributed by atoms with Gasteiger partial charge in [-0.25, -0.2) is 12.8 Å². The van der Waals surface area contributed by atoms with E-state index in [1.165, 1.54) is 24.3 Å². The molecule has 4 nitrogen and oxygen atoms in total.